The van der Waals surface area contributed by atoms with Gasteiger partial charge < -0.3 is 5.11 Å². The zero-order valence-corrected chi connectivity index (χ0v) is 7.94. The van der Waals surface area contributed by atoms with Gasteiger partial charge in [0.2, 0.25) is 0 Å². The first-order valence-electron chi connectivity index (χ1n) is 4.39. The normalized spacial score (nSPS) is 11.0. The van der Waals surface area contributed by atoms with Crippen molar-refractivity contribution in [3.8, 4) is 16.9 Å². The highest BCUT2D eigenvalue weighted by molar-refractivity contribution is 5.63. The highest BCUT2D eigenvalue weighted by Gasteiger charge is 2.11. The number of halogens is 3. The molecule has 2 aromatic rings. The van der Waals surface area contributed by atoms with Gasteiger partial charge in [-0.15, -0.1) is 0 Å². The Bertz CT molecular complexity index is 511. The molecule has 0 bridgehead atoms. The number of aromatic nitrogens is 2. The molecule has 1 aromatic carbocycles. The number of hydrogen-bond acceptors (Lipinski definition) is 2. The van der Waals surface area contributed by atoms with E-state index in [-0.39, 0.29) is 16.9 Å². The van der Waals surface area contributed by atoms with Gasteiger partial charge in [0.1, 0.15) is 11.6 Å². The Labute approximate surface area is 88.8 Å². The molecule has 0 saturated carbocycles. The maximum atomic E-state index is 13.4. The van der Waals surface area contributed by atoms with Crippen LogP contribution >= 0.6 is 0 Å². The molecule has 0 amide bonds. The molecule has 0 unspecified atom stereocenters. The monoisotopic (exact) mass is 228 g/mol. The number of hydrogen-bond donors (Lipinski definition) is 1. The molecule has 2 rings (SSSR count). The molecule has 6 heteroatoms. The van der Waals surface area contributed by atoms with E-state index in [4.69, 9.17) is 5.11 Å². The third-order valence-corrected chi connectivity index (χ3v) is 2.07. The van der Waals surface area contributed by atoms with Crippen LogP contribution in [0.25, 0.3) is 11.1 Å². The molecule has 3 nitrogen and oxygen atoms in total. The molecule has 0 saturated heterocycles. The van der Waals surface area contributed by atoms with Crippen molar-refractivity contribution in [3.05, 3.63) is 36.4 Å². The molecular weight excluding hydrogens is 221 g/mol. The van der Waals surface area contributed by atoms with Gasteiger partial charge in [-0.3, -0.25) is 0 Å². The van der Waals surface area contributed by atoms with Crippen LogP contribution in [0.2, 0.25) is 0 Å². The fourth-order valence-electron chi connectivity index (χ4n) is 1.32. The molecular formula is C10H7F3N2O. The zero-order valence-electron chi connectivity index (χ0n) is 7.94. The largest absolute Gasteiger partial charge is 0.508 e. The highest BCUT2D eigenvalue weighted by atomic mass is 19.3. The van der Waals surface area contributed by atoms with Crippen molar-refractivity contribution < 1.29 is 18.3 Å². The maximum absolute atomic E-state index is 13.4. The Morgan fingerprint density at radius 2 is 2.06 bits per heavy atom. The van der Waals surface area contributed by atoms with E-state index < -0.39 is 12.4 Å². The molecule has 0 aliphatic carbocycles. The van der Waals surface area contributed by atoms with Gasteiger partial charge in [0.05, 0.1) is 6.20 Å². The molecule has 1 aromatic heterocycles. The van der Waals surface area contributed by atoms with Crippen LogP contribution in [0.4, 0.5) is 13.2 Å². The topological polar surface area (TPSA) is 38.1 Å². The van der Waals surface area contributed by atoms with Gasteiger partial charge in [-0.05, 0) is 12.1 Å². The summed E-state index contributed by atoms with van der Waals surface area (Å²) in [6, 6.07) is 3.49. The van der Waals surface area contributed by atoms with Gasteiger partial charge in [0.25, 0.3) is 0 Å². The summed E-state index contributed by atoms with van der Waals surface area (Å²) >= 11 is 0. The predicted molar refractivity (Wildman–Crippen MR) is 50.5 cm³/mol. The summed E-state index contributed by atoms with van der Waals surface area (Å²) in [7, 11) is 0. The minimum atomic E-state index is -2.76. The van der Waals surface area contributed by atoms with Crippen molar-refractivity contribution in [1.29, 1.82) is 0 Å². The van der Waals surface area contributed by atoms with Crippen LogP contribution in [0.3, 0.4) is 0 Å². The lowest BCUT2D eigenvalue weighted by Gasteiger charge is -2.00. The number of phenolic OH excluding ortho intramolecular Hbond substituents is 1. The third kappa shape index (κ3) is 1.86. The quantitative estimate of drug-likeness (QED) is 0.858. The molecule has 84 valence electrons. The number of alkyl halides is 2. The van der Waals surface area contributed by atoms with Crippen LogP contribution < -0.4 is 0 Å². The van der Waals surface area contributed by atoms with Gasteiger partial charge in [-0.2, -0.15) is 13.9 Å². The van der Waals surface area contributed by atoms with E-state index in [1.165, 1.54) is 12.1 Å². The van der Waals surface area contributed by atoms with Gasteiger partial charge in [-0.25, -0.2) is 9.07 Å². The van der Waals surface area contributed by atoms with E-state index in [1.54, 1.807) is 0 Å². The average Bonchev–Trinajstić information content (AvgIpc) is 2.66. The van der Waals surface area contributed by atoms with E-state index in [0.717, 1.165) is 18.5 Å². The number of phenols is 1. The first kappa shape index (κ1) is 10.5. The number of benzene rings is 1. The molecule has 0 spiro atoms. The molecule has 0 fully saturated rings. The second kappa shape index (κ2) is 3.88. The summed E-state index contributed by atoms with van der Waals surface area (Å²) in [5.41, 5.74) is 0.350. The lowest BCUT2D eigenvalue weighted by atomic mass is 10.1. The summed E-state index contributed by atoms with van der Waals surface area (Å²) < 4.78 is 38.2. The lowest BCUT2D eigenvalue weighted by molar-refractivity contribution is 0.0566. The number of aromatic hydroxyl groups is 1. The van der Waals surface area contributed by atoms with E-state index in [0.29, 0.717) is 4.68 Å². The molecule has 16 heavy (non-hydrogen) atoms. The highest BCUT2D eigenvalue weighted by Crippen LogP contribution is 2.26. The van der Waals surface area contributed by atoms with E-state index >= 15 is 0 Å². The van der Waals surface area contributed by atoms with Crippen molar-refractivity contribution >= 4 is 0 Å². The number of rotatable bonds is 2. The maximum Gasteiger partial charge on any atom is 0.333 e. The minimum absolute atomic E-state index is 0.115. The predicted octanol–water partition coefficient (Wildman–Crippen LogP) is 2.79. The fourth-order valence-corrected chi connectivity index (χ4v) is 1.32. The van der Waals surface area contributed by atoms with Crippen LogP contribution in [0.1, 0.15) is 6.55 Å². The summed E-state index contributed by atoms with van der Waals surface area (Å²) in [5, 5.41) is 12.4. The van der Waals surface area contributed by atoms with Crippen LogP contribution in [-0.2, 0) is 0 Å². The smallest absolute Gasteiger partial charge is 0.333 e. The van der Waals surface area contributed by atoms with Gasteiger partial charge in [0, 0.05) is 23.4 Å². The SMILES string of the molecule is Oc1ccc(-c2cnn(C(F)F)c2)c(F)c1. The fraction of sp³-hybridized carbons (Fsp3) is 0.100. The van der Waals surface area contributed by atoms with Crippen LogP contribution in [-0.4, -0.2) is 14.9 Å². The first-order valence-corrected chi connectivity index (χ1v) is 4.39. The number of nitrogens with zero attached hydrogens (tertiary/aromatic N) is 2. The van der Waals surface area contributed by atoms with Crippen molar-refractivity contribution in [2.75, 3.05) is 0 Å². The Hall–Kier alpha value is -1.98. The van der Waals surface area contributed by atoms with Crippen molar-refractivity contribution in [3.63, 3.8) is 0 Å². The molecule has 0 radical (unpaired) electrons. The molecule has 0 atom stereocenters. The standard InChI is InChI=1S/C10H7F3N2O/c11-9-3-7(16)1-2-8(9)6-4-14-15(5-6)10(12)13/h1-5,10,16H. The van der Waals surface area contributed by atoms with Gasteiger partial charge in [0.15, 0.2) is 0 Å². The molecule has 0 aliphatic heterocycles. The Morgan fingerprint density at radius 3 is 2.62 bits per heavy atom. The summed E-state index contributed by atoms with van der Waals surface area (Å²) in [6.45, 7) is -2.76. The average molecular weight is 228 g/mol. The zero-order chi connectivity index (χ0) is 11.7. The third-order valence-electron chi connectivity index (χ3n) is 2.07. The van der Waals surface area contributed by atoms with Crippen molar-refractivity contribution in [1.82, 2.24) is 9.78 Å². The van der Waals surface area contributed by atoms with Crippen molar-refractivity contribution in [2.24, 2.45) is 0 Å². The van der Waals surface area contributed by atoms with E-state index in [9.17, 15) is 13.2 Å². The Balaban J connectivity index is 2.42. The summed E-state index contributed by atoms with van der Waals surface area (Å²) in [4.78, 5) is 0. The van der Waals surface area contributed by atoms with Crippen LogP contribution in [0.15, 0.2) is 30.6 Å². The van der Waals surface area contributed by atoms with Crippen LogP contribution in [0.5, 0.6) is 5.75 Å². The Morgan fingerprint density at radius 1 is 1.31 bits per heavy atom. The second-order valence-corrected chi connectivity index (χ2v) is 3.15. The summed E-state index contributed by atoms with van der Waals surface area (Å²) in [5.74, 6) is -0.906. The summed E-state index contributed by atoms with van der Waals surface area (Å²) in [6.07, 6.45) is 2.18. The van der Waals surface area contributed by atoms with E-state index in [1.807, 2.05) is 0 Å². The van der Waals surface area contributed by atoms with Gasteiger partial charge in [-0.1, -0.05) is 0 Å². The molecule has 1 N–H and O–H groups in total. The lowest BCUT2D eigenvalue weighted by Crippen LogP contribution is -1.96. The molecule has 1 heterocycles. The molecule has 0 aliphatic rings. The Kier molecular flexibility index (Phi) is 2.55. The minimum Gasteiger partial charge on any atom is -0.508 e. The van der Waals surface area contributed by atoms with Crippen LogP contribution in [0, 0.1) is 5.82 Å². The van der Waals surface area contributed by atoms with Crippen molar-refractivity contribution in [2.45, 2.75) is 6.55 Å². The first-order chi connectivity index (χ1) is 7.58. The van der Waals surface area contributed by atoms with E-state index in [2.05, 4.69) is 5.10 Å². The second-order valence-electron chi connectivity index (χ2n) is 3.15. The van der Waals surface area contributed by atoms with Gasteiger partial charge >= 0.3 is 6.55 Å².